The van der Waals surface area contributed by atoms with Crippen LogP contribution in [0.15, 0.2) is 35.2 Å². The minimum atomic E-state index is -3.89. The molecule has 0 fully saturated rings. The monoisotopic (exact) mass is 426 g/mol. The summed E-state index contributed by atoms with van der Waals surface area (Å²) in [6, 6.07) is 6.17. The number of nitrogens with one attached hydrogen (secondary N) is 1. The van der Waals surface area contributed by atoms with E-state index in [4.69, 9.17) is 17.3 Å². The second-order valence-electron chi connectivity index (χ2n) is 6.43. The number of fused-ring (bicyclic) bond motifs is 1. The van der Waals surface area contributed by atoms with Crippen LogP contribution in [0, 0.1) is 5.82 Å². The van der Waals surface area contributed by atoms with Crippen molar-refractivity contribution in [1.82, 2.24) is 4.72 Å². The molecule has 7 nitrogen and oxygen atoms in total. The van der Waals surface area contributed by atoms with E-state index in [1.54, 1.807) is 6.07 Å². The van der Waals surface area contributed by atoms with Gasteiger partial charge in [0.05, 0.1) is 10.5 Å². The summed E-state index contributed by atoms with van der Waals surface area (Å²) in [4.78, 5) is 23.2. The number of rotatable bonds is 5. The van der Waals surface area contributed by atoms with Gasteiger partial charge < -0.3 is 10.8 Å². The highest BCUT2D eigenvalue weighted by Gasteiger charge is 2.31. The van der Waals surface area contributed by atoms with Crippen molar-refractivity contribution in [2.45, 2.75) is 30.2 Å². The van der Waals surface area contributed by atoms with Gasteiger partial charge in [0.25, 0.3) is 0 Å². The highest BCUT2D eigenvalue weighted by atomic mass is 35.5. The number of hydrogen-bond donors (Lipinski definition) is 3. The molecule has 0 saturated carbocycles. The normalized spacial score (nSPS) is 16.4. The van der Waals surface area contributed by atoms with E-state index in [0.29, 0.717) is 12.0 Å². The highest BCUT2D eigenvalue weighted by molar-refractivity contribution is 7.89. The first kappa shape index (κ1) is 20.2. The maximum absolute atomic E-state index is 14.2. The lowest BCUT2D eigenvalue weighted by atomic mass is 9.83. The molecule has 0 aromatic heterocycles. The molecule has 1 amide bonds. The molecule has 28 heavy (non-hydrogen) atoms. The fourth-order valence-electron chi connectivity index (χ4n) is 3.38. The predicted octanol–water partition coefficient (Wildman–Crippen LogP) is 2.11. The van der Waals surface area contributed by atoms with E-state index in [2.05, 4.69) is 4.72 Å². The molecule has 0 spiro atoms. The Labute approximate surface area is 165 Å². The third kappa shape index (κ3) is 3.87. The lowest BCUT2D eigenvalue weighted by Crippen LogP contribution is -2.40. The van der Waals surface area contributed by atoms with Crippen molar-refractivity contribution in [2.75, 3.05) is 0 Å². The Balaban J connectivity index is 1.97. The summed E-state index contributed by atoms with van der Waals surface area (Å²) in [5.74, 6) is -3.74. The molecule has 1 atom stereocenters. The number of aromatic carboxylic acids is 1. The Morgan fingerprint density at radius 1 is 1.25 bits per heavy atom. The number of halogens is 2. The number of amides is 1. The molecule has 0 aliphatic heterocycles. The number of sulfonamides is 1. The number of benzene rings is 2. The first-order valence-electron chi connectivity index (χ1n) is 8.25. The first-order chi connectivity index (χ1) is 13.1. The third-order valence-corrected chi connectivity index (χ3v) is 6.33. The second-order valence-corrected chi connectivity index (χ2v) is 8.58. The summed E-state index contributed by atoms with van der Waals surface area (Å²) < 4.78 is 41.9. The van der Waals surface area contributed by atoms with E-state index in [-0.39, 0.29) is 28.3 Å². The molecular weight excluding hydrogens is 411 g/mol. The summed E-state index contributed by atoms with van der Waals surface area (Å²) in [7, 11) is -3.89. The molecule has 0 saturated heterocycles. The number of carboxylic acids is 1. The molecule has 0 heterocycles. The molecule has 1 unspecified atom stereocenters. The van der Waals surface area contributed by atoms with Gasteiger partial charge in [-0.05, 0) is 54.7 Å². The quantitative estimate of drug-likeness (QED) is 0.674. The van der Waals surface area contributed by atoms with Gasteiger partial charge in [-0.3, -0.25) is 4.79 Å². The van der Waals surface area contributed by atoms with Crippen molar-refractivity contribution in [1.29, 1.82) is 0 Å². The first-order valence-corrected chi connectivity index (χ1v) is 10.1. The van der Waals surface area contributed by atoms with E-state index in [1.165, 1.54) is 18.2 Å². The van der Waals surface area contributed by atoms with Crippen LogP contribution in [-0.2, 0) is 22.9 Å². The summed E-state index contributed by atoms with van der Waals surface area (Å²) in [5.41, 5.74) is 4.77. The van der Waals surface area contributed by atoms with Crippen LogP contribution in [0.4, 0.5) is 4.39 Å². The SMILES string of the molecule is NC(=O)c1c2c(cc(F)c1C(=O)O)CCC(NS(=O)(=O)c1cccc(Cl)c1)C2. The minimum Gasteiger partial charge on any atom is -0.478 e. The Hall–Kier alpha value is -2.49. The number of carbonyl (C=O) groups excluding carboxylic acids is 1. The molecule has 2 aromatic rings. The summed E-state index contributed by atoms with van der Waals surface area (Å²) >= 11 is 5.84. The van der Waals surface area contributed by atoms with Gasteiger partial charge in [-0.1, -0.05) is 17.7 Å². The summed E-state index contributed by atoms with van der Waals surface area (Å²) in [6.07, 6.45) is 0.611. The van der Waals surface area contributed by atoms with E-state index in [9.17, 15) is 27.5 Å². The molecule has 10 heteroatoms. The third-order valence-electron chi connectivity index (χ3n) is 4.58. The van der Waals surface area contributed by atoms with Crippen molar-refractivity contribution in [3.8, 4) is 0 Å². The predicted molar refractivity (Wildman–Crippen MR) is 99.5 cm³/mol. The van der Waals surface area contributed by atoms with Gasteiger partial charge in [-0.15, -0.1) is 0 Å². The van der Waals surface area contributed by atoms with Gasteiger partial charge in [0.15, 0.2) is 0 Å². The maximum atomic E-state index is 14.2. The van der Waals surface area contributed by atoms with Gasteiger partial charge in [0.1, 0.15) is 11.4 Å². The summed E-state index contributed by atoms with van der Waals surface area (Å²) in [6.45, 7) is 0. The van der Waals surface area contributed by atoms with Crippen molar-refractivity contribution in [3.05, 3.63) is 63.4 Å². The Morgan fingerprint density at radius 2 is 1.96 bits per heavy atom. The molecule has 1 aliphatic carbocycles. The van der Waals surface area contributed by atoms with Crippen LogP contribution in [0.25, 0.3) is 0 Å². The number of nitrogens with two attached hydrogens (primary N) is 1. The van der Waals surface area contributed by atoms with E-state index < -0.39 is 44.9 Å². The van der Waals surface area contributed by atoms with Crippen LogP contribution in [0.2, 0.25) is 5.02 Å². The number of hydrogen-bond acceptors (Lipinski definition) is 4. The number of primary amides is 1. The van der Waals surface area contributed by atoms with Gasteiger partial charge in [-0.2, -0.15) is 0 Å². The van der Waals surface area contributed by atoms with Gasteiger partial charge in [0, 0.05) is 11.1 Å². The zero-order chi connectivity index (χ0) is 20.6. The van der Waals surface area contributed by atoms with Crippen LogP contribution in [-0.4, -0.2) is 31.4 Å². The number of carboxylic acid groups (broad SMARTS) is 1. The average molecular weight is 427 g/mol. The lowest BCUT2D eigenvalue weighted by Gasteiger charge is -2.27. The van der Waals surface area contributed by atoms with Crippen LogP contribution in [0.5, 0.6) is 0 Å². The van der Waals surface area contributed by atoms with Gasteiger partial charge in [-0.25, -0.2) is 22.3 Å². The molecule has 0 radical (unpaired) electrons. The maximum Gasteiger partial charge on any atom is 0.339 e. The minimum absolute atomic E-state index is 0.00790. The average Bonchev–Trinajstić information content (AvgIpc) is 2.60. The fourth-order valence-corrected chi connectivity index (χ4v) is 4.95. The molecular formula is C18H16ClFN2O5S. The molecule has 3 rings (SSSR count). The summed E-state index contributed by atoms with van der Waals surface area (Å²) in [5, 5.41) is 9.51. The smallest absolute Gasteiger partial charge is 0.339 e. The standard InChI is InChI=1S/C18H16ClFN2O5S/c19-10-2-1-3-12(7-10)28(26,27)22-11-5-4-9-6-14(20)16(18(24)25)15(17(21)23)13(9)8-11/h1-3,6-7,11,22H,4-5,8H2,(H2,21,23)(H,24,25). The van der Waals surface area contributed by atoms with Crippen LogP contribution >= 0.6 is 11.6 Å². The molecule has 2 aromatic carbocycles. The number of carbonyl (C=O) groups is 2. The van der Waals surface area contributed by atoms with Crippen LogP contribution in [0.1, 0.15) is 38.3 Å². The van der Waals surface area contributed by atoms with E-state index >= 15 is 0 Å². The molecule has 148 valence electrons. The van der Waals surface area contributed by atoms with Gasteiger partial charge in [0.2, 0.25) is 15.9 Å². The zero-order valence-corrected chi connectivity index (χ0v) is 16.0. The van der Waals surface area contributed by atoms with Crippen molar-refractivity contribution >= 4 is 33.5 Å². The largest absolute Gasteiger partial charge is 0.478 e. The van der Waals surface area contributed by atoms with E-state index in [1.807, 2.05) is 0 Å². The fraction of sp³-hybridized carbons (Fsp3) is 0.222. The van der Waals surface area contributed by atoms with Crippen LogP contribution < -0.4 is 10.5 Å². The molecule has 1 aliphatic rings. The topological polar surface area (TPSA) is 127 Å². The molecule has 0 bridgehead atoms. The van der Waals surface area contributed by atoms with Crippen molar-refractivity contribution in [2.24, 2.45) is 5.73 Å². The Bertz CT molecular complexity index is 1090. The number of aryl methyl sites for hydroxylation is 1. The van der Waals surface area contributed by atoms with Crippen molar-refractivity contribution in [3.63, 3.8) is 0 Å². The molecule has 4 N–H and O–H groups in total. The van der Waals surface area contributed by atoms with Crippen LogP contribution in [0.3, 0.4) is 0 Å². The van der Waals surface area contributed by atoms with Crippen molar-refractivity contribution < 1.29 is 27.5 Å². The lowest BCUT2D eigenvalue weighted by molar-refractivity contribution is 0.0686. The van der Waals surface area contributed by atoms with Gasteiger partial charge >= 0.3 is 5.97 Å². The second kappa shape index (κ2) is 7.50. The Morgan fingerprint density at radius 3 is 2.57 bits per heavy atom. The van der Waals surface area contributed by atoms with E-state index in [0.717, 1.165) is 6.07 Å². The Kier molecular flexibility index (Phi) is 5.42. The highest BCUT2D eigenvalue weighted by Crippen LogP contribution is 2.30. The zero-order valence-electron chi connectivity index (χ0n) is 14.4.